The fourth-order valence-corrected chi connectivity index (χ4v) is 10.9. The Balaban J connectivity index is 0.784. The first-order valence-corrected chi connectivity index (χ1v) is 24.8. The van der Waals surface area contributed by atoms with Gasteiger partial charge in [-0.3, -0.25) is 9.59 Å². The number of benzene rings is 7. The molecule has 1 unspecified atom stereocenters. The second-order valence-corrected chi connectivity index (χ2v) is 19.1. The van der Waals surface area contributed by atoms with Crippen LogP contribution in [0.3, 0.4) is 0 Å². The molecule has 0 aromatic heterocycles. The van der Waals surface area contributed by atoms with Gasteiger partial charge in [0.15, 0.2) is 0 Å². The van der Waals surface area contributed by atoms with Gasteiger partial charge in [-0.1, -0.05) is 175 Å². The molecule has 7 aromatic carbocycles. The lowest BCUT2D eigenvalue weighted by molar-refractivity contribution is -0.140. The third-order valence-electron chi connectivity index (χ3n) is 14.2. The summed E-state index contributed by atoms with van der Waals surface area (Å²) in [6.07, 6.45) is 0.692. The van der Waals surface area contributed by atoms with Gasteiger partial charge in [0, 0.05) is 36.5 Å². The van der Waals surface area contributed by atoms with Gasteiger partial charge >= 0.3 is 12.2 Å². The highest BCUT2D eigenvalue weighted by Crippen LogP contribution is 2.46. The summed E-state index contributed by atoms with van der Waals surface area (Å²) < 4.78 is 11.7. The summed E-state index contributed by atoms with van der Waals surface area (Å²) in [6.45, 7) is 1.15. The van der Waals surface area contributed by atoms with E-state index in [9.17, 15) is 19.2 Å². The third kappa shape index (κ3) is 10.7. The van der Waals surface area contributed by atoms with Gasteiger partial charge in [-0.15, -0.1) is 0 Å². The number of nitrogens with one attached hydrogen (secondary N) is 3. The first-order chi connectivity index (χ1) is 34.8. The molecule has 1 fully saturated rings. The van der Waals surface area contributed by atoms with Crippen LogP contribution in [0, 0.1) is 5.92 Å². The lowest BCUT2D eigenvalue weighted by Crippen LogP contribution is -2.53. The van der Waals surface area contributed by atoms with Gasteiger partial charge in [0.25, 0.3) is 0 Å². The monoisotopic (exact) mass is 962 g/mol. The average molecular weight is 964 g/mol. The minimum absolute atomic E-state index is 0.0297. The van der Waals surface area contributed by atoms with E-state index in [-0.39, 0.29) is 55.9 Å². The highest BCUT2D eigenvalue weighted by atomic mass is 35.5. The maximum absolute atomic E-state index is 14.9. The molecule has 3 atom stereocenters. The molecule has 1 heterocycles. The van der Waals surface area contributed by atoms with Crippen LogP contribution in [-0.2, 0) is 45.0 Å². The van der Waals surface area contributed by atoms with Crippen LogP contribution in [0.1, 0.15) is 69.2 Å². The van der Waals surface area contributed by atoms with Crippen molar-refractivity contribution >= 4 is 35.6 Å². The lowest BCUT2D eigenvalue weighted by Gasteiger charge is -2.29. The molecule has 2 aliphatic carbocycles. The van der Waals surface area contributed by atoms with Gasteiger partial charge in [0.2, 0.25) is 11.8 Å². The van der Waals surface area contributed by atoms with Crippen LogP contribution >= 0.6 is 11.6 Å². The van der Waals surface area contributed by atoms with Crippen molar-refractivity contribution in [1.82, 2.24) is 20.9 Å². The number of likely N-dealkylation sites (tertiary alicyclic amines) is 1. The second kappa shape index (κ2) is 21.5. The molecule has 0 spiro atoms. The Morgan fingerprint density at radius 2 is 1.04 bits per heavy atom. The molecule has 3 aliphatic rings. The Kier molecular flexibility index (Phi) is 14.3. The first kappa shape index (κ1) is 47.0. The van der Waals surface area contributed by atoms with E-state index >= 15 is 0 Å². The van der Waals surface area contributed by atoms with Crippen molar-refractivity contribution in [2.45, 2.75) is 62.7 Å². The van der Waals surface area contributed by atoms with E-state index in [1.807, 2.05) is 127 Å². The van der Waals surface area contributed by atoms with Gasteiger partial charge in [-0.05, 0) is 110 Å². The molecule has 1 saturated heterocycles. The number of hydrogen-bond donors (Lipinski definition) is 3. The Labute approximate surface area is 419 Å². The number of rotatable bonds is 16. The molecule has 10 rings (SSSR count). The van der Waals surface area contributed by atoms with E-state index in [0.717, 1.165) is 55.6 Å². The number of nitrogens with zero attached hydrogens (tertiary/aromatic N) is 1. The van der Waals surface area contributed by atoms with E-state index in [2.05, 4.69) is 64.5 Å². The molecule has 0 saturated carbocycles. The summed E-state index contributed by atoms with van der Waals surface area (Å²) in [5.41, 5.74) is 12.8. The summed E-state index contributed by atoms with van der Waals surface area (Å²) in [4.78, 5) is 57.5. The summed E-state index contributed by atoms with van der Waals surface area (Å²) in [5.74, 6) is -0.835. The van der Waals surface area contributed by atoms with Crippen LogP contribution < -0.4 is 16.0 Å². The number of carbonyl (C=O) groups excluding carboxylic acids is 4. The zero-order chi connectivity index (χ0) is 48.7. The zero-order valence-corrected chi connectivity index (χ0v) is 40.0. The van der Waals surface area contributed by atoms with Crippen LogP contribution in [0.25, 0.3) is 22.3 Å². The third-order valence-corrected chi connectivity index (χ3v) is 14.4. The average Bonchev–Trinajstić information content (AvgIpc) is 4.08. The standard InChI is InChI=1S/C60H55ClN4O6/c61-44-16-12-15-42(32-44)31-43-33-56(57(66)62-34-40-25-27-41(28-26-40)35-63-59(68)70-37-53-49-21-8-4-17-45(49)46-18-5-9-22-50(46)53)65(36-43)58(67)55(30-29-39-13-2-1-3-14-39)64-60(69)71-38-54-51-23-10-6-19-47(51)48-20-7-11-24-52(48)54/h1-28,32,43,53-56H,29-31,33-38H2,(H,62,66)(H,63,68)(H,64,69)/t43-,55?,56+/m1/s1. The van der Waals surface area contributed by atoms with Crippen molar-refractivity contribution in [3.8, 4) is 22.3 Å². The highest BCUT2D eigenvalue weighted by Gasteiger charge is 2.42. The molecule has 4 amide bonds. The van der Waals surface area contributed by atoms with Crippen molar-refractivity contribution in [2.75, 3.05) is 19.8 Å². The number of amides is 4. The minimum Gasteiger partial charge on any atom is -0.449 e. The largest absolute Gasteiger partial charge is 0.449 e. The zero-order valence-electron chi connectivity index (χ0n) is 39.3. The van der Waals surface area contributed by atoms with Crippen LogP contribution in [0.4, 0.5) is 9.59 Å². The van der Waals surface area contributed by atoms with Crippen LogP contribution in [-0.4, -0.2) is 60.7 Å². The first-order valence-electron chi connectivity index (χ1n) is 24.4. The molecule has 1 aliphatic heterocycles. The maximum atomic E-state index is 14.9. The number of fused-ring (bicyclic) bond motifs is 6. The van der Waals surface area contributed by atoms with E-state index in [0.29, 0.717) is 37.3 Å². The smallest absolute Gasteiger partial charge is 0.407 e. The van der Waals surface area contributed by atoms with Gasteiger partial charge in [-0.2, -0.15) is 0 Å². The SMILES string of the molecule is O=C(NCc1ccc(CNC(=O)[C@@H]2C[C@@H](Cc3cccc(Cl)c3)CN2C(=O)C(CCc2ccccc2)NC(=O)OCC2c3ccccc3-c3ccccc32)cc1)OCC1c2ccccc2-c2ccccc21. The van der Waals surface area contributed by atoms with Gasteiger partial charge < -0.3 is 30.3 Å². The second-order valence-electron chi connectivity index (χ2n) is 18.7. The molecule has 0 radical (unpaired) electrons. The summed E-state index contributed by atoms with van der Waals surface area (Å²) in [6, 6.07) is 56.1. The van der Waals surface area contributed by atoms with Crippen molar-refractivity contribution in [3.63, 3.8) is 0 Å². The van der Waals surface area contributed by atoms with Crippen LogP contribution in [0.2, 0.25) is 5.02 Å². The van der Waals surface area contributed by atoms with E-state index in [1.54, 1.807) is 4.90 Å². The Morgan fingerprint density at radius 3 is 1.59 bits per heavy atom. The minimum atomic E-state index is -0.958. The lowest BCUT2D eigenvalue weighted by atomic mass is 9.96. The van der Waals surface area contributed by atoms with E-state index in [1.165, 1.54) is 11.1 Å². The highest BCUT2D eigenvalue weighted by molar-refractivity contribution is 6.30. The fraction of sp³-hybridized carbons (Fsp3) is 0.233. The number of hydrogen-bond acceptors (Lipinski definition) is 6. The summed E-state index contributed by atoms with van der Waals surface area (Å²) in [7, 11) is 0. The van der Waals surface area contributed by atoms with Crippen LogP contribution in [0.5, 0.6) is 0 Å². The molecule has 10 nitrogen and oxygen atoms in total. The van der Waals surface area contributed by atoms with Crippen molar-refractivity contribution in [3.05, 3.63) is 225 Å². The quantitative estimate of drug-likeness (QED) is 0.0886. The maximum Gasteiger partial charge on any atom is 0.407 e. The van der Waals surface area contributed by atoms with Crippen molar-refractivity contribution in [2.24, 2.45) is 5.92 Å². The predicted molar refractivity (Wildman–Crippen MR) is 276 cm³/mol. The van der Waals surface area contributed by atoms with E-state index < -0.39 is 24.3 Å². The molecular weight excluding hydrogens is 908 g/mol. The molecular formula is C60H55ClN4O6. The van der Waals surface area contributed by atoms with Gasteiger partial charge in [0.05, 0.1) is 0 Å². The number of halogens is 1. The topological polar surface area (TPSA) is 126 Å². The fourth-order valence-electron chi connectivity index (χ4n) is 10.7. The molecule has 358 valence electrons. The molecule has 0 bridgehead atoms. The van der Waals surface area contributed by atoms with Gasteiger partial charge in [0.1, 0.15) is 25.3 Å². The number of carbonyl (C=O) groups is 4. The Morgan fingerprint density at radius 1 is 0.549 bits per heavy atom. The number of ether oxygens (including phenoxy) is 2. The van der Waals surface area contributed by atoms with Gasteiger partial charge in [-0.25, -0.2) is 9.59 Å². The number of aryl methyl sites for hydroxylation is 1. The van der Waals surface area contributed by atoms with E-state index in [4.69, 9.17) is 21.1 Å². The predicted octanol–water partition coefficient (Wildman–Crippen LogP) is 11.0. The summed E-state index contributed by atoms with van der Waals surface area (Å²) in [5, 5.41) is 9.53. The summed E-state index contributed by atoms with van der Waals surface area (Å²) >= 11 is 6.38. The Hall–Kier alpha value is -7.69. The molecule has 3 N–H and O–H groups in total. The Bertz CT molecular complexity index is 2960. The van der Waals surface area contributed by atoms with Crippen molar-refractivity contribution < 1.29 is 28.7 Å². The molecule has 11 heteroatoms. The molecule has 71 heavy (non-hydrogen) atoms. The number of alkyl carbamates (subject to hydrolysis) is 2. The van der Waals surface area contributed by atoms with Crippen molar-refractivity contribution in [1.29, 1.82) is 0 Å². The molecule has 7 aromatic rings. The normalized spacial score (nSPS) is 16.0. The van der Waals surface area contributed by atoms with Crippen LogP contribution in [0.15, 0.2) is 176 Å².